The Labute approximate surface area is 79.6 Å². The molecule has 76 valence electrons. The van der Waals surface area contributed by atoms with E-state index in [1.54, 1.807) is 0 Å². The maximum Gasteiger partial charge on any atom is 0.358 e. The van der Waals surface area contributed by atoms with Crippen molar-refractivity contribution >= 4 is 23.4 Å². The summed E-state index contributed by atoms with van der Waals surface area (Å²) in [6.45, 7) is 1.49. The SMILES string of the molecule is CCC(=O)C(=N/C=C\C(=O)O)C(=O)O. The van der Waals surface area contributed by atoms with E-state index in [1.165, 1.54) is 6.92 Å². The van der Waals surface area contributed by atoms with Crippen molar-refractivity contribution in [2.24, 2.45) is 4.99 Å². The number of carbonyl (C=O) groups excluding carboxylic acids is 1. The Morgan fingerprint density at radius 2 is 1.86 bits per heavy atom. The number of ketones is 1. The van der Waals surface area contributed by atoms with Crippen LogP contribution in [0.1, 0.15) is 13.3 Å². The second kappa shape index (κ2) is 5.63. The smallest absolute Gasteiger partial charge is 0.358 e. The zero-order chi connectivity index (χ0) is 11.1. The first kappa shape index (κ1) is 12.0. The van der Waals surface area contributed by atoms with E-state index in [1.807, 2.05) is 0 Å². The molecule has 14 heavy (non-hydrogen) atoms. The summed E-state index contributed by atoms with van der Waals surface area (Å²) >= 11 is 0. The monoisotopic (exact) mass is 199 g/mol. The molecule has 0 fully saturated rings. The Hall–Kier alpha value is -1.98. The van der Waals surface area contributed by atoms with Crippen molar-refractivity contribution in [1.29, 1.82) is 0 Å². The molecule has 0 rings (SSSR count). The highest BCUT2D eigenvalue weighted by molar-refractivity contribution is 6.64. The maximum absolute atomic E-state index is 10.9. The van der Waals surface area contributed by atoms with Crippen molar-refractivity contribution in [3.63, 3.8) is 0 Å². The molecule has 0 radical (unpaired) electrons. The van der Waals surface area contributed by atoms with Gasteiger partial charge in [0.05, 0.1) is 0 Å². The molecule has 0 aromatic carbocycles. The molecule has 0 unspecified atom stereocenters. The molecule has 0 heterocycles. The molecule has 6 heteroatoms. The Morgan fingerprint density at radius 3 is 2.21 bits per heavy atom. The van der Waals surface area contributed by atoms with Crippen molar-refractivity contribution < 1.29 is 24.6 Å². The molecule has 0 aliphatic rings. The summed E-state index contributed by atoms with van der Waals surface area (Å²) in [5.41, 5.74) is -0.662. The van der Waals surface area contributed by atoms with E-state index in [-0.39, 0.29) is 6.42 Å². The Balaban J connectivity index is 4.75. The van der Waals surface area contributed by atoms with Crippen LogP contribution in [-0.2, 0) is 14.4 Å². The lowest BCUT2D eigenvalue weighted by Gasteiger charge is -1.94. The molecule has 0 saturated carbocycles. The Bertz CT molecular complexity index is 316. The highest BCUT2D eigenvalue weighted by atomic mass is 16.4. The van der Waals surface area contributed by atoms with Gasteiger partial charge in [0.25, 0.3) is 0 Å². The molecule has 0 aliphatic heterocycles. The van der Waals surface area contributed by atoms with Gasteiger partial charge in [-0.1, -0.05) is 6.92 Å². The van der Waals surface area contributed by atoms with E-state index in [0.29, 0.717) is 6.08 Å². The first-order valence-electron chi connectivity index (χ1n) is 3.72. The van der Waals surface area contributed by atoms with Gasteiger partial charge in [-0.3, -0.25) is 4.79 Å². The van der Waals surface area contributed by atoms with Crippen LogP contribution < -0.4 is 0 Å². The quantitative estimate of drug-likeness (QED) is 0.371. The number of carbonyl (C=O) groups is 3. The average molecular weight is 199 g/mol. The second-order valence-electron chi connectivity index (χ2n) is 2.21. The first-order valence-corrected chi connectivity index (χ1v) is 3.72. The minimum absolute atomic E-state index is 0.00600. The van der Waals surface area contributed by atoms with Crippen molar-refractivity contribution in [3.05, 3.63) is 12.3 Å². The van der Waals surface area contributed by atoms with Crippen LogP contribution in [0.15, 0.2) is 17.3 Å². The van der Waals surface area contributed by atoms with E-state index in [2.05, 4.69) is 4.99 Å². The predicted octanol–water partition coefficient (Wildman–Crippen LogP) is 0.0894. The van der Waals surface area contributed by atoms with Gasteiger partial charge in [-0.2, -0.15) is 0 Å². The number of hydrogen-bond donors (Lipinski definition) is 2. The summed E-state index contributed by atoms with van der Waals surface area (Å²) in [5, 5.41) is 16.7. The van der Waals surface area contributed by atoms with Crippen molar-refractivity contribution in [2.45, 2.75) is 13.3 Å². The van der Waals surface area contributed by atoms with Crippen LogP contribution in [0.4, 0.5) is 0 Å². The van der Waals surface area contributed by atoms with Gasteiger partial charge in [-0.05, 0) is 0 Å². The molecule has 2 N–H and O–H groups in total. The summed E-state index contributed by atoms with van der Waals surface area (Å²) in [6.07, 6.45) is 1.41. The number of Topliss-reactive ketones (excluding diaryl/α,β-unsaturated/α-hetero) is 1. The van der Waals surface area contributed by atoms with Crippen LogP contribution >= 0.6 is 0 Å². The zero-order valence-electron chi connectivity index (χ0n) is 7.43. The van der Waals surface area contributed by atoms with E-state index in [9.17, 15) is 14.4 Å². The minimum atomic E-state index is -1.47. The lowest BCUT2D eigenvalue weighted by atomic mass is 10.2. The summed E-state index contributed by atoms with van der Waals surface area (Å²) in [6, 6.07) is 0. The van der Waals surface area contributed by atoms with E-state index in [4.69, 9.17) is 10.2 Å². The Morgan fingerprint density at radius 1 is 1.29 bits per heavy atom. The molecule has 0 atom stereocenters. The summed E-state index contributed by atoms with van der Waals surface area (Å²) < 4.78 is 0. The zero-order valence-corrected chi connectivity index (χ0v) is 7.43. The van der Waals surface area contributed by atoms with Crippen LogP contribution in [0.5, 0.6) is 0 Å². The van der Waals surface area contributed by atoms with Crippen molar-refractivity contribution in [1.82, 2.24) is 0 Å². The van der Waals surface area contributed by atoms with Crippen LogP contribution in [0, 0.1) is 0 Å². The number of aliphatic carboxylic acids is 2. The van der Waals surface area contributed by atoms with Crippen LogP contribution in [0.3, 0.4) is 0 Å². The maximum atomic E-state index is 10.9. The highest BCUT2D eigenvalue weighted by Crippen LogP contribution is 1.90. The molecule has 6 nitrogen and oxygen atoms in total. The molecule has 0 bridgehead atoms. The lowest BCUT2D eigenvalue weighted by molar-refractivity contribution is -0.132. The van der Waals surface area contributed by atoms with Crippen molar-refractivity contribution in [2.75, 3.05) is 0 Å². The standard InChI is InChI=1S/C8H9NO5/c1-2-5(10)7(8(13)14)9-4-3-6(11)12/h3-4H,2H2,1H3,(H,11,12)(H,13,14)/b4-3-,9-7?. The third-order valence-electron chi connectivity index (χ3n) is 1.21. The predicted molar refractivity (Wildman–Crippen MR) is 47.1 cm³/mol. The fraction of sp³-hybridized carbons (Fsp3) is 0.250. The highest BCUT2D eigenvalue weighted by Gasteiger charge is 2.16. The fourth-order valence-corrected chi connectivity index (χ4v) is 0.589. The van der Waals surface area contributed by atoms with E-state index in [0.717, 1.165) is 6.20 Å². The number of nitrogens with zero attached hydrogens (tertiary/aromatic N) is 1. The van der Waals surface area contributed by atoms with Crippen LogP contribution in [-0.4, -0.2) is 33.6 Å². The molecule has 0 saturated heterocycles. The molecular formula is C8H9NO5. The number of rotatable bonds is 5. The normalized spacial score (nSPS) is 11.6. The Kier molecular flexibility index (Phi) is 4.83. The molecule has 0 aromatic rings. The van der Waals surface area contributed by atoms with Gasteiger partial charge in [0.15, 0.2) is 11.5 Å². The largest absolute Gasteiger partial charge is 0.478 e. The van der Waals surface area contributed by atoms with Gasteiger partial charge in [-0.25, -0.2) is 14.6 Å². The third kappa shape index (κ3) is 4.15. The number of hydrogen-bond acceptors (Lipinski definition) is 4. The second-order valence-corrected chi connectivity index (χ2v) is 2.21. The number of carboxylic acids is 2. The van der Waals surface area contributed by atoms with Gasteiger partial charge in [0.2, 0.25) is 0 Å². The summed E-state index contributed by atoms with van der Waals surface area (Å²) in [5.74, 6) is -3.37. The van der Waals surface area contributed by atoms with Crippen molar-refractivity contribution in [3.8, 4) is 0 Å². The van der Waals surface area contributed by atoms with Gasteiger partial charge >= 0.3 is 11.9 Å². The van der Waals surface area contributed by atoms with Gasteiger partial charge in [0, 0.05) is 18.7 Å². The summed E-state index contributed by atoms with van der Waals surface area (Å²) in [7, 11) is 0. The van der Waals surface area contributed by atoms with Crippen LogP contribution in [0.25, 0.3) is 0 Å². The number of carboxylic acid groups (broad SMARTS) is 2. The van der Waals surface area contributed by atoms with E-state index < -0.39 is 23.4 Å². The average Bonchev–Trinajstić information content (AvgIpc) is 2.10. The molecular weight excluding hydrogens is 190 g/mol. The molecule has 0 spiro atoms. The fourth-order valence-electron chi connectivity index (χ4n) is 0.589. The van der Waals surface area contributed by atoms with Gasteiger partial charge in [-0.15, -0.1) is 0 Å². The summed E-state index contributed by atoms with van der Waals surface area (Å²) in [4.78, 5) is 34.6. The number of aliphatic imine (C=N–C) groups is 1. The van der Waals surface area contributed by atoms with Gasteiger partial charge in [0.1, 0.15) is 0 Å². The third-order valence-corrected chi connectivity index (χ3v) is 1.21. The van der Waals surface area contributed by atoms with E-state index >= 15 is 0 Å². The van der Waals surface area contributed by atoms with Crippen LogP contribution in [0.2, 0.25) is 0 Å². The van der Waals surface area contributed by atoms with Gasteiger partial charge < -0.3 is 10.2 Å². The topological polar surface area (TPSA) is 104 Å². The molecule has 0 amide bonds. The lowest BCUT2D eigenvalue weighted by Crippen LogP contribution is -2.22. The molecule has 0 aliphatic carbocycles. The minimum Gasteiger partial charge on any atom is -0.478 e. The first-order chi connectivity index (χ1) is 6.49. The molecule has 0 aromatic heterocycles.